The zero-order valence-corrected chi connectivity index (χ0v) is 11.1. The Morgan fingerprint density at radius 3 is 2.95 bits per heavy atom. The van der Waals surface area contributed by atoms with Gasteiger partial charge in [0.05, 0.1) is 5.02 Å². The number of halogens is 2. The molecular formula is C13H13ClFN3O. The van der Waals surface area contributed by atoms with E-state index in [9.17, 15) is 9.18 Å². The first-order valence-corrected chi connectivity index (χ1v) is 6.28. The lowest BCUT2D eigenvalue weighted by molar-refractivity contribution is 0.102. The van der Waals surface area contributed by atoms with E-state index in [2.05, 4.69) is 22.4 Å². The van der Waals surface area contributed by atoms with Crippen LogP contribution in [0.25, 0.3) is 0 Å². The van der Waals surface area contributed by atoms with Crippen molar-refractivity contribution in [3.8, 4) is 0 Å². The third-order valence-corrected chi connectivity index (χ3v) is 2.88. The second kappa shape index (κ2) is 5.84. The molecule has 0 spiro atoms. The van der Waals surface area contributed by atoms with E-state index >= 15 is 0 Å². The Labute approximate surface area is 115 Å². The van der Waals surface area contributed by atoms with Crippen LogP contribution in [0.1, 0.15) is 29.4 Å². The highest BCUT2D eigenvalue weighted by Crippen LogP contribution is 2.16. The number of carbonyl (C=O) groups excluding carboxylic acids is 1. The van der Waals surface area contributed by atoms with Crippen molar-refractivity contribution in [2.45, 2.75) is 19.8 Å². The number of hydrogen-bond donors (Lipinski definition) is 2. The molecule has 0 saturated heterocycles. The number of rotatable bonds is 4. The molecule has 1 amide bonds. The lowest BCUT2D eigenvalue weighted by Gasteiger charge is -2.02. The maximum atomic E-state index is 13.2. The van der Waals surface area contributed by atoms with Crippen molar-refractivity contribution in [2.24, 2.45) is 0 Å². The second-order valence-corrected chi connectivity index (χ2v) is 4.52. The largest absolute Gasteiger partial charge is 0.305 e. The van der Waals surface area contributed by atoms with E-state index in [0.29, 0.717) is 5.82 Å². The molecular weight excluding hydrogens is 269 g/mol. The zero-order chi connectivity index (χ0) is 13.8. The molecule has 2 aromatic rings. The van der Waals surface area contributed by atoms with Crippen molar-refractivity contribution in [1.82, 2.24) is 10.2 Å². The average Bonchev–Trinajstić information content (AvgIpc) is 2.80. The fourth-order valence-electron chi connectivity index (χ4n) is 1.65. The summed E-state index contributed by atoms with van der Waals surface area (Å²) >= 11 is 5.56. The van der Waals surface area contributed by atoms with Crippen LogP contribution in [0.4, 0.5) is 10.2 Å². The molecule has 0 saturated carbocycles. The third-order valence-electron chi connectivity index (χ3n) is 2.57. The Kier molecular flexibility index (Phi) is 4.16. The fraction of sp³-hybridized carbons (Fsp3) is 0.231. The van der Waals surface area contributed by atoms with Crippen molar-refractivity contribution in [3.05, 3.63) is 46.4 Å². The summed E-state index contributed by atoms with van der Waals surface area (Å²) in [5, 5.41) is 9.37. The summed E-state index contributed by atoms with van der Waals surface area (Å²) in [5.41, 5.74) is 1.14. The number of anilines is 1. The molecule has 0 bridgehead atoms. The van der Waals surface area contributed by atoms with Gasteiger partial charge in [0.15, 0.2) is 5.82 Å². The maximum Gasteiger partial charge on any atom is 0.256 e. The van der Waals surface area contributed by atoms with Gasteiger partial charge in [-0.25, -0.2) is 4.39 Å². The van der Waals surface area contributed by atoms with Crippen LogP contribution in [0.2, 0.25) is 5.02 Å². The van der Waals surface area contributed by atoms with Crippen molar-refractivity contribution in [2.75, 3.05) is 5.32 Å². The smallest absolute Gasteiger partial charge is 0.256 e. The molecule has 0 fully saturated rings. The number of carbonyl (C=O) groups is 1. The van der Waals surface area contributed by atoms with Crippen LogP contribution < -0.4 is 5.32 Å². The first kappa shape index (κ1) is 13.5. The van der Waals surface area contributed by atoms with Gasteiger partial charge in [-0.15, -0.1) is 0 Å². The number of nitrogens with zero attached hydrogens (tertiary/aromatic N) is 1. The summed E-state index contributed by atoms with van der Waals surface area (Å²) < 4.78 is 13.2. The number of aromatic amines is 1. The van der Waals surface area contributed by atoms with Gasteiger partial charge in [-0.2, -0.15) is 5.10 Å². The van der Waals surface area contributed by atoms with Gasteiger partial charge in [-0.1, -0.05) is 24.9 Å². The summed E-state index contributed by atoms with van der Waals surface area (Å²) in [6, 6.07) is 5.66. The van der Waals surface area contributed by atoms with Crippen LogP contribution in [0.5, 0.6) is 0 Å². The van der Waals surface area contributed by atoms with Crippen LogP contribution in [0.3, 0.4) is 0 Å². The van der Waals surface area contributed by atoms with Gasteiger partial charge in [-0.3, -0.25) is 9.89 Å². The number of amides is 1. The SMILES string of the molecule is CCCc1cc(NC(=O)c2ccc(Cl)c(F)c2)n[nH]1. The summed E-state index contributed by atoms with van der Waals surface area (Å²) in [5.74, 6) is -0.628. The minimum Gasteiger partial charge on any atom is -0.305 e. The summed E-state index contributed by atoms with van der Waals surface area (Å²) in [6.45, 7) is 2.05. The van der Waals surface area contributed by atoms with Gasteiger partial charge in [0.2, 0.25) is 0 Å². The van der Waals surface area contributed by atoms with Gasteiger partial charge < -0.3 is 5.32 Å². The highest BCUT2D eigenvalue weighted by atomic mass is 35.5. The van der Waals surface area contributed by atoms with E-state index in [4.69, 9.17) is 11.6 Å². The van der Waals surface area contributed by atoms with E-state index in [0.717, 1.165) is 24.6 Å². The molecule has 0 aliphatic rings. The van der Waals surface area contributed by atoms with Gasteiger partial charge in [-0.05, 0) is 24.6 Å². The van der Waals surface area contributed by atoms with E-state index in [-0.39, 0.29) is 10.6 Å². The molecule has 1 aromatic carbocycles. The molecule has 0 aliphatic heterocycles. The van der Waals surface area contributed by atoms with E-state index in [1.807, 2.05) is 0 Å². The number of aryl methyl sites for hydroxylation is 1. The molecule has 0 atom stereocenters. The molecule has 2 rings (SSSR count). The number of aromatic nitrogens is 2. The Bertz CT molecular complexity index is 597. The lowest BCUT2D eigenvalue weighted by Crippen LogP contribution is -2.12. The first-order chi connectivity index (χ1) is 9.10. The van der Waals surface area contributed by atoms with Crippen LogP contribution >= 0.6 is 11.6 Å². The van der Waals surface area contributed by atoms with Crippen LogP contribution in [-0.2, 0) is 6.42 Å². The average molecular weight is 282 g/mol. The van der Waals surface area contributed by atoms with Crippen molar-refractivity contribution < 1.29 is 9.18 Å². The summed E-state index contributed by atoms with van der Waals surface area (Å²) in [7, 11) is 0. The first-order valence-electron chi connectivity index (χ1n) is 5.91. The molecule has 6 heteroatoms. The van der Waals surface area contributed by atoms with Gasteiger partial charge in [0, 0.05) is 17.3 Å². The van der Waals surface area contributed by atoms with E-state index in [1.54, 1.807) is 6.07 Å². The molecule has 19 heavy (non-hydrogen) atoms. The second-order valence-electron chi connectivity index (χ2n) is 4.11. The Balaban J connectivity index is 2.09. The van der Waals surface area contributed by atoms with Crippen LogP contribution in [0, 0.1) is 5.82 Å². The fourth-order valence-corrected chi connectivity index (χ4v) is 1.77. The maximum absolute atomic E-state index is 13.2. The van der Waals surface area contributed by atoms with Crippen LogP contribution in [-0.4, -0.2) is 16.1 Å². The van der Waals surface area contributed by atoms with Gasteiger partial charge >= 0.3 is 0 Å². The predicted molar refractivity (Wildman–Crippen MR) is 71.9 cm³/mol. The van der Waals surface area contributed by atoms with Crippen molar-refractivity contribution in [1.29, 1.82) is 0 Å². The molecule has 1 aromatic heterocycles. The van der Waals surface area contributed by atoms with E-state index in [1.165, 1.54) is 12.1 Å². The Morgan fingerprint density at radius 2 is 2.26 bits per heavy atom. The summed E-state index contributed by atoms with van der Waals surface area (Å²) in [4.78, 5) is 11.9. The number of hydrogen-bond acceptors (Lipinski definition) is 2. The molecule has 4 nitrogen and oxygen atoms in total. The molecule has 0 aliphatic carbocycles. The topological polar surface area (TPSA) is 57.8 Å². The highest BCUT2D eigenvalue weighted by molar-refractivity contribution is 6.30. The van der Waals surface area contributed by atoms with Gasteiger partial charge in [0.1, 0.15) is 5.82 Å². The number of benzene rings is 1. The zero-order valence-electron chi connectivity index (χ0n) is 10.3. The molecule has 2 N–H and O–H groups in total. The van der Waals surface area contributed by atoms with Crippen molar-refractivity contribution in [3.63, 3.8) is 0 Å². The highest BCUT2D eigenvalue weighted by Gasteiger charge is 2.10. The number of H-pyrrole nitrogens is 1. The van der Waals surface area contributed by atoms with Gasteiger partial charge in [0.25, 0.3) is 5.91 Å². The molecule has 0 unspecified atom stereocenters. The van der Waals surface area contributed by atoms with Crippen molar-refractivity contribution >= 4 is 23.3 Å². The van der Waals surface area contributed by atoms with E-state index < -0.39 is 11.7 Å². The monoisotopic (exact) mass is 281 g/mol. The normalized spacial score (nSPS) is 10.5. The standard InChI is InChI=1S/C13H13ClFN3O/c1-2-3-9-7-12(18-17-9)16-13(19)8-4-5-10(14)11(15)6-8/h4-7H,2-3H2,1H3,(H2,16,17,18,19). The minimum absolute atomic E-state index is 0.0125. The number of nitrogens with one attached hydrogen (secondary N) is 2. The molecule has 1 heterocycles. The minimum atomic E-state index is -0.622. The van der Waals surface area contributed by atoms with Crippen LogP contribution in [0.15, 0.2) is 24.3 Å². The quantitative estimate of drug-likeness (QED) is 0.902. The molecule has 0 radical (unpaired) electrons. The summed E-state index contributed by atoms with van der Waals surface area (Å²) in [6.07, 6.45) is 1.84. The molecule has 100 valence electrons. The third kappa shape index (κ3) is 3.32. The lowest BCUT2D eigenvalue weighted by atomic mass is 10.2. The predicted octanol–water partition coefficient (Wildman–Crippen LogP) is 3.41. The Morgan fingerprint density at radius 1 is 1.47 bits per heavy atom. The Hall–Kier alpha value is -1.88.